The van der Waals surface area contributed by atoms with Gasteiger partial charge in [-0.05, 0) is 47.9 Å². The van der Waals surface area contributed by atoms with Crippen LogP contribution in [0.3, 0.4) is 0 Å². The third kappa shape index (κ3) is 4.20. The molecule has 1 saturated carbocycles. The smallest absolute Gasteiger partial charge is 0.407 e. The van der Waals surface area contributed by atoms with Crippen molar-refractivity contribution in [1.29, 1.82) is 0 Å². The molecule has 1 fully saturated rings. The summed E-state index contributed by atoms with van der Waals surface area (Å²) in [5, 5.41) is 14.7. The number of alkyl carbamates (subject to hydrolysis) is 1. The Labute approximate surface area is 187 Å². The number of nitrogens with one attached hydrogen (secondary N) is 2. The zero-order valence-corrected chi connectivity index (χ0v) is 18.1. The number of carboxylic acids is 1. The van der Waals surface area contributed by atoms with E-state index in [0.717, 1.165) is 17.5 Å². The van der Waals surface area contributed by atoms with Crippen LogP contribution in [-0.4, -0.2) is 41.8 Å². The first-order valence-electron chi connectivity index (χ1n) is 11.1. The van der Waals surface area contributed by atoms with E-state index in [1.165, 1.54) is 11.1 Å². The molecule has 2 aromatic rings. The zero-order valence-electron chi connectivity index (χ0n) is 18.1. The summed E-state index contributed by atoms with van der Waals surface area (Å²) in [6.07, 6.45) is 1.58. The largest absolute Gasteiger partial charge is 0.480 e. The molecule has 0 heterocycles. The van der Waals surface area contributed by atoms with E-state index < -0.39 is 23.5 Å². The molecule has 2 aliphatic carbocycles. The van der Waals surface area contributed by atoms with E-state index in [0.29, 0.717) is 19.3 Å². The summed E-state index contributed by atoms with van der Waals surface area (Å²) in [5.41, 5.74) is 3.52. The average Bonchev–Trinajstić information content (AvgIpc) is 3.08. The molecule has 0 saturated heterocycles. The highest BCUT2D eigenvalue weighted by molar-refractivity contribution is 5.88. The first-order valence-corrected chi connectivity index (χ1v) is 11.1. The molecule has 0 radical (unpaired) electrons. The maximum Gasteiger partial charge on any atom is 0.407 e. The van der Waals surface area contributed by atoms with Gasteiger partial charge in [-0.1, -0.05) is 55.5 Å². The monoisotopic (exact) mass is 436 g/mol. The summed E-state index contributed by atoms with van der Waals surface area (Å²) in [6, 6.07) is 16.3. The molecule has 0 bridgehead atoms. The number of hydrogen-bond acceptors (Lipinski definition) is 4. The van der Waals surface area contributed by atoms with Gasteiger partial charge in [-0.25, -0.2) is 9.59 Å². The number of hydrogen-bond donors (Lipinski definition) is 3. The van der Waals surface area contributed by atoms with Gasteiger partial charge >= 0.3 is 12.1 Å². The van der Waals surface area contributed by atoms with Crippen LogP contribution >= 0.6 is 0 Å². The summed E-state index contributed by atoms with van der Waals surface area (Å²) in [4.78, 5) is 36.0. The summed E-state index contributed by atoms with van der Waals surface area (Å²) in [7, 11) is 0. The Morgan fingerprint density at radius 1 is 1.06 bits per heavy atom. The van der Waals surface area contributed by atoms with E-state index in [9.17, 15) is 19.5 Å². The van der Waals surface area contributed by atoms with E-state index in [4.69, 9.17) is 4.74 Å². The molecule has 0 aliphatic heterocycles. The zero-order chi connectivity index (χ0) is 22.7. The molecular formula is C25H28N2O5. The van der Waals surface area contributed by atoms with Crippen molar-refractivity contribution in [2.75, 3.05) is 13.2 Å². The summed E-state index contributed by atoms with van der Waals surface area (Å²) >= 11 is 0. The van der Waals surface area contributed by atoms with Crippen LogP contribution in [0.2, 0.25) is 0 Å². The molecule has 2 aliphatic rings. The molecule has 7 nitrogen and oxygen atoms in total. The fourth-order valence-corrected chi connectivity index (χ4v) is 4.45. The molecule has 1 atom stereocenters. The van der Waals surface area contributed by atoms with Crippen molar-refractivity contribution in [2.24, 2.45) is 5.92 Å². The van der Waals surface area contributed by atoms with Crippen LogP contribution in [0.15, 0.2) is 48.5 Å². The number of carbonyl (C=O) groups is 3. The number of ether oxygens (including phenoxy) is 1. The molecule has 1 unspecified atom stereocenters. The lowest BCUT2D eigenvalue weighted by Gasteiger charge is -2.38. The van der Waals surface area contributed by atoms with Gasteiger partial charge in [0.2, 0.25) is 5.91 Å². The predicted molar refractivity (Wildman–Crippen MR) is 119 cm³/mol. The number of rotatable bonds is 8. The molecular weight excluding hydrogens is 408 g/mol. The van der Waals surface area contributed by atoms with Gasteiger partial charge in [0, 0.05) is 18.4 Å². The van der Waals surface area contributed by atoms with E-state index in [-0.39, 0.29) is 25.0 Å². The maximum absolute atomic E-state index is 12.3. The lowest BCUT2D eigenvalue weighted by Crippen LogP contribution is -2.60. The minimum Gasteiger partial charge on any atom is -0.480 e. The van der Waals surface area contributed by atoms with Crippen molar-refractivity contribution in [1.82, 2.24) is 10.6 Å². The standard InChI is InChI=1S/C25H28N2O5/c1-16(22(28)27-25(23(29)30)12-6-13-25)11-14-26-24(31)32-15-21-19-9-4-2-7-17(19)18-8-3-5-10-20(18)21/h2-5,7-10,16,21H,6,11-15H2,1H3,(H,26,31)(H,27,28)(H,29,30). The summed E-state index contributed by atoms with van der Waals surface area (Å²) in [5.74, 6) is -1.71. The highest BCUT2D eigenvalue weighted by Gasteiger charge is 2.46. The highest BCUT2D eigenvalue weighted by Crippen LogP contribution is 2.44. The first-order chi connectivity index (χ1) is 15.4. The fourth-order valence-electron chi connectivity index (χ4n) is 4.45. The quantitative estimate of drug-likeness (QED) is 0.586. The van der Waals surface area contributed by atoms with Gasteiger partial charge < -0.3 is 20.5 Å². The lowest BCUT2D eigenvalue weighted by molar-refractivity contribution is -0.152. The third-order valence-corrected chi connectivity index (χ3v) is 6.62. The molecule has 3 N–H and O–H groups in total. The normalized spacial score (nSPS) is 16.8. The van der Waals surface area contributed by atoms with E-state index in [1.807, 2.05) is 24.3 Å². The van der Waals surface area contributed by atoms with Crippen LogP contribution < -0.4 is 10.6 Å². The summed E-state index contributed by atoms with van der Waals surface area (Å²) < 4.78 is 5.49. The highest BCUT2D eigenvalue weighted by atomic mass is 16.5. The van der Waals surface area contributed by atoms with Crippen LogP contribution in [0.4, 0.5) is 4.79 Å². The Balaban J connectivity index is 1.25. The molecule has 0 aromatic heterocycles. The Morgan fingerprint density at radius 2 is 1.66 bits per heavy atom. The lowest BCUT2D eigenvalue weighted by atomic mass is 9.76. The molecule has 0 spiro atoms. The van der Waals surface area contributed by atoms with Gasteiger partial charge in [-0.15, -0.1) is 0 Å². The SMILES string of the molecule is CC(CCNC(=O)OCC1c2ccccc2-c2ccccc21)C(=O)NC1(C(=O)O)CCC1. The van der Waals surface area contributed by atoms with E-state index in [2.05, 4.69) is 34.9 Å². The third-order valence-electron chi connectivity index (χ3n) is 6.62. The van der Waals surface area contributed by atoms with Crippen LogP contribution in [-0.2, 0) is 14.3 Å². The minimum absolute atomic E-state index is 0.00691. The second-order valence-corrected chi connectivity index (χ2v) is 8.67. The van der Waals surface area contributed by atoms with Crippen molar-refractivity contribution in [3.63, 3.8) is 0 Å². The van der Waals surface area contributed by atoms with Crippen molar-refractivity contribution < 1.29 is 24.2 Å². The number of amides is 2. The molecule has 2 amide bonds. The number of benzene rings is 2. The number of aliphatic carboxylic acids is 1. The van der Waals surface area contributed by atoms with Crippen molar-refractivity contribution in [3.05, 3.63) is 59.7 Å². The second kappa shape index (κ2) is 9.02. The molecule has 168 valence electrons. The average molecular weight is 437 g/mol. The van der Waals surface area contributed by atoms with Crippen LogP contribution in [0.25, 0.3) is 11.1 Å². The number of fused-ring (bicyclic) bond motifs is 3. The van der Waals surface area contributed by atoms with Gasteiger partial charge in [0.25, 0.3) is 0 Å². The molecule has 2 aromatic carbocycles. The number of carboxylic acid groups (broad SMARTS) is 1. The first kappa shape index (κ1) is 21.9. The Kier molecular flexibility index (Phi) is 6.17. The van der Waals surface area contributed by atoms with Gasteiger partial charge in [0.1, 0.15) is 12.1 Å². The predicted octanol–water partition coefficient (Wildman–Crippen LogP) is 3.67. The van der Waals surface area contributed by atoms with Crippen LogP contribution in [0.1, 0.15) is 49.7 Å². The Hall–Kier alpha value is -3.35. The molecule has 32 heavy (non-hydrogen) atoms. The van der Waals surface area contributed by atoms with Gasteiger partial charge in [-0.2, -0.15) is 0 Å². The van der Waals surface area contributed by atoms with Crippen molar-refractivity contribution >= 4 is 18.0 Å². The van der Waals surface area contributed by atoms with Crippen LogP contribution in [0.5, 0.6) is 0 Å². The van der Waals surface area contributed by atoms with E-state index >= 15 is 0 Å². The summed E-state index contributed by atoms with van der Waals surface area (Å²) in [6.45, 7) is 2.23. The molecule has 7 heteroatoms. The van der Waals surface area contributed by atoms with Crippen molar-refractivity contribution in [3.8, 4) is 11.1 Å². The number of carbonyl (C=O) groups excluding carboxylic acids is 2. The second-order valence-electron chi connectivity index (χ2n) is 8.67. The Morgan fingerprint density at radius 3 is 2.19 bits per heavy atom. The maximum atomic E-state index is 12.3. The Bertz CT molecular complexity index is 985. The minimum atomic E-state index is -1.12. The molecule has 4 rings (SSSR count). The topological polar surface area (TPSA) is 105 Å². The fraction of sp³-hybridized carbons (Fsp3) is 0.400. The van der Waals surface area contributed by atoms with Crippen molar-refractivity contribution in [2.45, 2.75) is 44.1 Å². The van der Waals surface area contributed by atoms with E-state index in [1.54, 1.807) is 6.92 Å². The van der Waals surface area contributed by atoms with Gasteiger partial charge in [-0.3, -0.25) is 4.79 Å². The van der Waals surface area contributed by atoms with Gasteiger partial charge in [0.05, 0.1) is 0 Å². The van der Waals surface area contributed by atoms with Gasteiger partial charge in [0.15, 0.2) is 0 Å². The van der Waals surface area contributed by atoms with Crippen LogP contribution in [0, 0.1) is 5.92 Å².